The van der Waals surface area contributed by atoms with E-state index in [1.807, 2.05) is 12.3 Å². The van der Waals surface area contributed by atoms with E-state index >= 15 is 0 Å². The first-order chi connectivity index (χ1) is 9.88. The monoisotopic (exact) mass is 273 g/mol. The Hall–Kier alpha value is -1.46. The molecule has 1 N–H and O–H groups in total. The fourth-order valence-electron chi connectivity index (χ4n) is 2.84. The lowest BCUT2D eigenvalue weighted by Gasteiger charge is -2.19. The van der Waals surface area contributed by atoms with Crippen molar-refractivity contribution in [3.05, 3.63) is 24.2 Å². The Balaban J connectivity index is 1.87. The van der Waals surface area contributed by atoms with Crippen molar-refractivity contribution in [2.24, 2.45) is 0 Å². The highest BCUT2D eigenvalue weighted by molar-refractivity contribution is 5.71. The van der Waals surface area contributed by atoms with E-state index in [9.17, 15) is 0 Å². The fourth-order valence-corrected chi connectivity index (χ4v) is 2.84. The van der Waals surface area contributed by atoms with E-state index in [1.165, 1.54) is 6.42 Å². The van der Waals surface area contributed by atoms with Crippen molar-refractivity contribution < 1.29 is 0 Å². The summed E-state index contributed by atoms with van der Waals surface area (Å²) in [6.45, 7) is 8.58. The minimum absolute atomic E-state index is 0.929. The van der Waals surface area contributed by atoms with Gasteiger partial charge in [0, 0.05) is 25.8 Å². The first-order valence-electron chi connectivity index (χ1n) is 7.61. The second-order valence-corrected chi connectivity index (χ2v) is 5.41. The second kappa shape index (κ2) is 6.33. The minimum atomic E-state index is 0.929. The third kappa shape index (κ3) is 2.83. The molecule has 2 aromatic heterocycles. The second-order valence-electron chi connectivity index (χ2n) is 5.41. The Kier molecular flexibility index (Phi) is 4.28. The molecule has 20 heavy (non-hydrogen) atoms. The van der Waals surface area contributed by atoms with Gasteiger partial charge in [-0.3, -0.25) is 4.90 Å². The summed E-state index contributed by atoms with van der Waals surface area (Å²) >= 11 is 0. The third-order valence-electron chi connectivity index (χ3n) is 3.83. The summed E-state index contributed by atoms with van der Waals surface area (Å²) in [6.07, 6.45) is 4.18. The van der Waals surface area contributed by atoms with E-state index in [1.54, 1.807) is 0 Å². The Morgan fingerprint density at radius 3 is 3.15 bits per heavy atom. The highest BCUT2D eigenvalue weighted by Crippen LogP contribution is 2.16. The molecule has 1 saturated heterocycles. The summed E-state index contributed by atoms with van der Waals surface area (Å²) in [5.74, 6) is 1.16. The van der Waals surface area contributed by atoms with Gasteiger partial charge < -0.3 is 9.88 Å². The van der Waals surface area contributed by atoms with Crippen LogP contribution in [0.15, 0.2) is 18.3 Å². The summed E-state index contributed by atoms with van der Waals surface area (Å²) in [7, 11) is 0. The molecule has 0 aromatic carbocycles. The van der Waals surface area contributed by atoms with Crippen LogP contribution in [0, 0.1) is 0 Å². The van der Waals surface area contributed by atoms with Crippen LogP contribution < -0.4 is 5.32 Å². The van der Waals surface area contributed by atoms with Crippen molar-refractivity contribution in [3.63, 3.8) is 0 Å². The van der Waals surface area contributed by atoms with E-state index in [0.29, 0.717) is 0 Å². The summed E-state index contributed by atoms with van der Waals surface area (Å²) < 4.78 is 2.29. The predicted octanol–water partition coefficient (Wildman–Crippen LogP) is 1.64. The van der Waals surface area contributed by atoms with Gasteiger partial charge in [0.2, 0.25) is 0 Å². The molecule has 0 saturated carbocycles. The molecule has 5 nitrogen and oxygen atoms in total. The van der Waals surface area contributed by atoms with Gasteiger partial charge in [-0.25, -0.2) is 9.97 Å². The molecule has 0 bridgehead atoms. The molecule has 0 spiro atoms. The van der Waals surface area contributed by atoms with Crippen molar-refractivity contribution in [1.29, 1.82) is 0 Å². The molecule has 0 aliphatic carbocycles. The van der Waals surface area contributed by atoms with E-state index in [2.05, 4.69) is 32.8 Å². The average molecular weight is 273 g/mol. The minimum Gasteiger partial charge on any atom is -0.315 e. The molecule has 1 aliphatic heterocycles. The molecule has 0 unspecified atom stereocenters. The van der Waals surface area contributed by atoms with Crippen LogP contribution in [0.25, 0.3) is 11.2 Å². The molecule has 0 atom stereocenters. The number of nitrogens with zero attached hydrogens (tertiary/aromatic N) is 4. The molecule has 5 heteroatoms. The van der Waals surface area contributed by atoms with Crippen LogP contribution in [-0.4, -0.2) is 45.6 Å². The summed E-state index contributed by atoms with van der Waals surface area (Å²) in [4.78, 5) is 11.8. The quantitative estimate of drug-likeness (QED) is 0.920. The number of pyridine rings is 1. The van der Waals surface area contributed by atoms with E-state index in [4.69, 9.17) is 4.98 Å². The number of imidazole rings is 1. The number of rotatable bonds is 4. The summed E-state index contributed by atoms with van der Waals surface area (Å²) in [5.41, 5.74) is 2.04. The van der Waals surface area contributed by atoms with Crippen LogP contribution in [0.2, 0.25) is 0 Å². The van der Waals surface area contributed by atoms with Crippen LogP contribution in [0.5, 0.6) is 0 Å². The molecule has 2 aromatic rings. The van der Waals surface area contributed by atoms with Crippen molar-refractivity contribution in [2.75, 3.05) is 26.2 Å². The number of hydrogen-bond acceptors (Lipinski definition) is 4. The smallest absolute Gasteiger partial charge is 0.160 e. The van der Waals surface area contributed by atoms with Gasteiger partial charge in [-0.1, -0.05) is 6.92 Å². The average Bonchev–Trinajstić information content (AvgIpc) is 2.64. The summed E-state index contributed by atoms with van der Waals surface area (Å²) in [5, 5.41) is 3.45. The number of fused-ring (bicyclic) bond motifs is 1. The molecule has 1 fully saturated rings. The van der Waals surface area contributed by atoms with Gasteiger partial charge in [-0.2, -0.15) is 0 Å². The van der Waals surface area contributed by atoms with Gasteiger partial charge in [0.1, 0.15) is 11.3 Å². The Morgan fingerprint density at radius 1 is 1.30 bits per heavy atom. The SMILES string of the molecule is CCCn1c(CN2CCCNCC2)nc2cccnc21. The zero-order valence-corrected chi connectivity index (χ0v) is 12.2. The van der Waals surface area contributed by atoms with Crippen molar-refractivity contribution in [2.45, 2.75) is 32.9 Å². The molecule has 0 amide bonds. The predicted molar refractivity (Wildman–Crippen MR) is 80.6 cm³/mol. The molecule has 3 heterocycles. The first kappa shape index (κ1) is 13.5. The number of aromatic nitrogens is 3. The van der Waals surface area contributed by atoms with E-state index < -0.39 is 0 Å². The van der Waals surface area contributed by atoms with Gasteiger partial charge in [-0.05, 0) is 38.1 Å². The standard InChI is InChI=1S/C15H23N5/c1-2-9-20-14(12-19-10-4-6-16-8-11-19)18-13-5-3-7-17-15(13)20/h3,5,7,16H,2,4,6,8-12H2,1H3. The largest absolute Gasteiger partial charge is 0.315 e. The van der Waals surface area contributed by atoms with Crippen LogP contribution in [0.3, 0.4) is 0 Å². The maximum Gasteiger partial charge on any atom is 0.160 e. The maximum absolute atomic E-state index is 4.79. The van der Waals surface area contributed by atoms with Gasteiger partial charge in [0.05, 0.1) is 6.54 Å². The molecular weight excluding hydrogens is 250 g/mol. The molecule has 0 radical (unpaired) electrons. The Bertz CT molecular complexity index is 554. The third-order valence-corrected chi connectivity index (χ3v) is 3.83. The lowest BCUT2D eigenvalue weighted by molar-refractivity contribution is 0.273. The van der Waals surface area contributed by atoms with Crippen molar-refractivity contribution in [1.82, 2.24) is 24.8 Å². The van der Waals surface area contributed by atoms with Crippen LogP contribution >= 0.6 is 0 Å². The number of aryl methyl sites for hydroxylation is 1. The van der Waals surface area contributed by atoms with Crippen LogP contribution in [0.1, 0.15) is 25.6 Å². The highest BCUT2D eigenvalue weighted by Gasteiger charge is 2.15. The molecular formula is C15H23N5. The highest BCUT2D eigenvalue weighted by atomic mass is 15.2. The number of hydrogen-bond donors (Lipinski definition) is 1. The fraction of sp³-hybridized carbons (Fsp3) is 0.600. The summed E-state index contributed by atoms with van der Waals surface area (Å²) in [6, 6.07) is 4.02. The molecule has 1 aliphatic rings. The van der Waals surface area contributed by atoms with E-state index in [-0.39, 0.29) is 0 Å². The van der Waals surface area contributed by atoms with E-state index in [0.717, 1.165) is 62.7 Å². The van der Waals surface area contributed by atoms with Gasteiger partial charge in [0.15, 0.2) is 5.65 Å². The molecule has 108 valence electrons. The Labute approximate surface area is 120 Å². The topological polar surface area (TPSA) is 46.0 Å². The lowest BCUT2D eigenvalue weighted by Crippen LogP contribution is -2.29. The molecule has 3 rings (SSSR count). The van der Waals surface area contributed by atoms with Gasteiger partial charge in [0.25, 0.3) is 0 Å². The van der Waals surface area contributed by atoms with Crippen LogP contribution in [0.4, 0.5) is 0 Å². The maximum atomic E-state index is 4.79. The van der Waals surface area contributed by atoms with Crippen molar-refractivity contribution in [3.8, 4) is 0 Å². The zero-order valence-electron chi connectivity index (χ0n) is 12.2. The first-order valence-corrected chi connectivity index (χ1v) is 7.61. The lowest BCUT2D eigenvalue weighted by atomic mass is 10.3. The Morgan fingerprint density at radius 2 is 2.25 bits per heavy atom. The van der Waals surface area contributed by atoms with Crippen molar-refractivity contribution >= 4 is 11.2 Å². The van der Waals surface area contributed by atoms with Crippen LogP contribution in [-0.2, 0) is 13.1 Å². The zero-order chi connectivity index (χ0) is 13.8. The number of nitrogens with one attached hydrogen (secondary N) is 1. The van der Waals surface area contributed by atoms with Gasteiger partial charge in [-0.15, -0.1) is 0 Å². The normalized spacial score (nSPS) is 17.4. The van der Waals surface area contributed by atoms with Gasteiger partial charge >= 0.3 is 0 Å².